The molecule has 0 heterocycles. The van der Waals surface area contributed by atoms with Gasteiger partial charge in [0.05, 0.1) is 4.75 Å². The zero-order valence-corrected chi connectivity index (χ0v) is 10.3. The Morgan fingerprint density at radius 3 is 2.08 bits per heavy atom. The van der Waals surface area contributed by atoms with E-state index in [0.717, 1.165) is 5.56 Å². The topological polar surface area (TPSA) is 17.1 Å². The minimum absolute atomic E-state index is 0. The van der Waals surface area contributed by atoms with Crippen LogP contribution in [0.1, 0.15) is 24.2 Å². The van der Waals surface area contributed by atoms with Crippen LogP contribution in [0.25, 0.3) is 0 Å². The Hall–Kier alpha value is -0.280. The van der Waals surface area contributed by atoms with Crippen LogP contribution in [0.3, 0.4) is 0 Å². The molecule has 0 spiro atoms. The maximum atomic E-state index is 11.6. The standard InChI is InChI=1S/C10H12OS.BrH/c1-10(2,12)9(11)8-6-4-3-5-7-8;/h3-7,12H,1-2H3;1H. The van der Waals surface area contributed by atoms with Crippen molar-refractivity contribution in [1.29, 1.82) is 0 Å². The van der Waals surface area contributed by atoms with Crippen LogP contribution in [0.2, 0.25) is 0 Å². The third kappa shape index (κ3) is 3.53. The number of hydrogen-bond acceptors (Lipinski definition) is 2. The highest BCUT2D eigenvalue weighted by molar-refractivity contribution is 8.93. The van der Waals surface area contributed by atoms with Crippen molar-refractivity contribution in [1.82, 2.24) is 0 Å². The van der Waals surface area contributed by atoms with Crippen molar-refractivity contribution in [2.75, 3.05) is 0 Å². The molecule has 0 N–H and O–H groups in total. The summed E-state index contributed by atoms with van der Waals surface area (Å²) in [7, 11) is 0. The lowest BCUT2D eigenvalue weighted by molar-refractivity contribution is 0.0959. The largest absolute Gasteiger partial charge is 0.293 e. The summed E-state index contributed by atoms with van der Waals surface area (Å²) in [5, 5.41) is 0. The fourth-order valence-electron chi connectivity index (χ4n) is 0.943. The van der Waals surface area contributed by atoms with E-state index in [-0.39, 0.29) is 22.8 Å². The van der Waals surface area contributed by atoms with E-state index in [2.05, 4.69) is 12.6 Å². The molecule has 1 rings (SSSR count). The molecule has 72 valence electrons. The molecule has 0 saturated carbocycles. The van der Waals surface area contributed by atoms with Crippen LogP contribution in [0, 0.1) is 0 Å². The van der Waals surface area contributed by atoms with Gasteiger partial charge in [-0.25, -0.2) is 0 Å². The summed E-state index contributed by atoms with van der Waals surface area (Å²) < 4.78 is -0.582. The Labute approximate surface area is 94.7 Å². The average molecular weight is 261 g/mol. The van der Waals surface area contributed by atoms with E-state index >= 15 is 0 Å². The van der Waals surface area contributed by atoms with Gasteiger partial charge in [-0.1, -0.05) is 30.3 Å². The van der Waals surface area contributed by atoms with E-state index in [1.54, 1.807) is 26.0 Å². The number of thiol groups is 1. The molecule has 0 atom stereocenters. The fraction of sp³-hybridized carbons (Fsp3) is 0.300. The normalized spacial score (nSPS) is 10.4. The number of carbonyl (C=O) groups excluding carboxylic acids is 1. The fourth-order valence-corrected chi connectivity index (χ4v) is 1.07. The molecular formula is C10H13BrOS. The van der Waals surface area contributed by atoms with Gasteiger partial charge in [-0.05, 0) is 13.8 Å². The molecule has 0 radical (unpaired) electrons. The van der Waals surface area contributed by atoms with Crippen LogP contribution in [-0.4, -0.2) is 10.5 Å². The summed E-state index contributed by atoms with van der Waals surface area (Å²) in [5.41, 5.74) is 0.720. The Balaban J connectivity index is 0.00000144. The molecule has 0 saturated heterocycles. The van der Waals surface area contributed by atoms with Crippen molar-refractivity contribution < 1.29 is 4.79 Å². The van der Waals surface area contributed by atoms with Crippen LogP contribution in [0.15, 0.2) is 30.3 Å². The number of Topliss-reactive ketones (excluding diaryl/α,β-unsaturated/α-hetero) is 1. The SMILES string of the molecule is Br.CC(C)(S)C(=O)c1ccccc1. The van der Waals surface area contributed by atoms with Crippen molar-refractivity contribution >= 4 is 35.4 Å². The lowest BCUT2D eigenvalue weighted by Crippen LogP contribution is -2.24. The first-order valence-corrected chi connectivity index (χ1v) is 4.29. The number of ketones is 1. The maximum absolute atomic E-state index is 11.6. The van der Waals surface area contributed by atoms with Gasteiger partial charge in [0.15, 0.2) is 5.78 Å². The predicted octanol–water partition coefficient (Wildman–Crippen LogP) is 3.16. The molecule has 3 heteroatoms. The highest BCUT2D eigenvalue weighted by atomic mass is 79.9. The van der Waals surface area contributed by atoms with Gasteiger partial charge in [0.2, 0.25) is 0 Å². The van der Waals surface area contributed by atoms with E-state index in [0.29, 0.717) is 0 Å². The number of carbonyl (C=O) groups is 1. The quantitative estimate of drug-likeness (QED) is 0.639. The van der Waals surface area contributed by atoms with E-state index in [9.17, 15) is 4.79 Å². The Morgan fingerprint density at radius 1 is 1.23 bits per heavy atom. The van der Waals surface area contributed by atoms with E-state index in [1.807, 2.05) is 18.2 Å². The average Bonchev–Trinajstić information content (AvgIpc) is 2.03. The summed E-state index contributed by atoms with van der Waals surface area (Å²) in [4.78, 5) is 11.6. The second-order valence-electron chi connectivity index (χ2n) is 3.25. The van der Waals surface area contributed by atoms with Crippen molar-refractivity contribution in [3.63, 3.8) is 0 Å². The van der Waals surface area contributed by atoms with Crippen molar-refractivity contribution in [3.8, 4) is 0 Å². The number of hydrogen-bond donors (Lipinski definition) is 1. The first-order chi connectivity index (χ1) is 5.52. The first-order valence-electron chi connectivity index (χ1n) is 3.84. The molecular weight excluding hydrogens is 248 g/mol. The molecule has 0 amide bonds. The van der Waals surface area contributed by atoms with E-state index < -0.39 is 4.75 Å². The molecule has 0 unspecified atom stereocenters. The third-order valence-corrected chi connectivity index (χ3v) is 1.79. The van der Waals surface area contributed by atoms with Crippen LogP contribution in [0.5, 0.6) is 0 Å². The summed E-state index contributed by atoms with van der Waals surface area (Å²) in [6, 6.07) is 9.21. The molecule has 13 heavy (non-hydrogen) atoms. The van der Waals surface area contributed by atoms with Crippen LogP contribution in [0.4, 0.5) is 0 Å². The Bertz CT molecular complexity index is 277. The molecule has 0 aliphatic carbocycles. The van der Waals surface area contributed by atoms with Gasteiger partial charge >= 0.3 is 0 Å². The highest BCUT2D eigenvalue weighted by Gasteiger charge is 2.23. The van der Waals surface area contributed by atoms with Crippen molar-refractivity contribution in [2.24, 2.45) is 0 Å². The monoisotopic (exact) mass is 260 g/mol. The van der Waals surface area contributed by atoms with Crippen molar-refractivity contribution in [2.45, 2.75) is 18.6 Å². The zero-order valence-electron chi connectivity index (χ0n) is 7.65. The van der Waals surface area contributed by atoms with Crippen LogP contribution in [-0.2, 0) is 0 Å². The lowest BCUT2D eigenvalue weighted by atomic mass is 10.0. The van der Waals surface area contributed by atoms with Gasteiger partial charge in [0, 0.05) is 5.56 Å². The minimum atomic E-state index is -0.582. The smallest absolute Gasteiger partial charge is 0.178 e. The molecule has 1 aromatic rings. The molecule has 1 aromatic carbocycles. The first kappa shape index (κ1) is 12.7. The molecule has 0 aliphatic rings. The number of halogens is 1. The lowest BCUT2D eigenvalue weighted by Gasteiger charge is -2.15. The summed E-state index contributed by atoms with van der Waals surface area (Å²) in [6.07, 6.45) is 0. The minimum Gasteiger partial charge on any atom is -0.293 e. The third-order valence-electron chi connectivity index (χ3n) is 1.59. The van der Waals surface area contributed by atoms with Gasteiger partial charge < -0.3 is 0 Å². The molecule has 0 fully saturated rings. The Kier molecular flexibility index (Phi) is 4.71. The van der Waals surface area contributed by atoms with Gasteiger partial charge in [-0.15, -0.1) is 17.0 Å². The molecule has 0 aliphatic heterocycles. The number of rotatable bonds is 2. The molecule has 0 bridgehead atoms. The molecule has 1 nitrogen and oxygen atoms in total. The van der Waals surface area contributed by atoms with Gasteiger partial charge in [0.25, 0.3) is 0 Å². The second-order valence-corrected chi connectivity index (χ2v) is 4.37. The maximum Gasteiger partial charge on any atom is 0.178 e. The summed E-state index contributed by atoms with van der Waals surface area (Å²) in [6.45, 7) is 3.59. The Morgan fingerprint density at radius 2 is 1.69 bits per heavy atom. The summed E-state index contributed by atoms with van der Waals surface area (Å²) >= 11 is 4.21. The highest BCUT2D eigenvalue weighted by Crippen LogP contribution is 2.18. The van der Waals surface area contributed by atoms with Gasteiger partial charge in [-0.3, -0.25) is 4.79 Å². The van der Waals surface area contributed by atoms with Gasteiger partial charge in [0.1, 0.15) is 0 Å². The predicted molar refractivity (Wildman–Crippen MR) is 64.2 cm³/mol. The second kappa shape index (κ2) is 4.82. The van der Waals surface area contributed by atoms with Gasteiger partial charge in [-0.2, -0.15) is 12.6 Å². The zero-order chi connectivity index (χ0) is 9.19. The van der Waals surface area contributed by atoms with E-state index in [1.165, 1.54) is 0 Å². The van der Waals surface area contributed by atoms with Crippen molar-refractivity contribution in [3.05, 3.63) is 35.9 Å². The van der Waals surface area contributed by atoms with Crippen LogP contribution >= 0.6 is 29.6 Å². The molecule has 0 aromatic heterocycles. The number of benzene rings is 1. The summed E-state index contributed by atoms with van der Waals surface area (Å²) in [5.74, 6) is 0.0615. The van der Waals surface area contributed by atoms with Crippen LogP contribution < -0.4 is 0 Å². The van der Waals surface area contributed by atoms with E-state index in [4.69, 9.17) is 0 Å².